The number of benzene rings is 1. The summed E-state index contributed by atoms with van der Waals surface area (Å²) >= 11 is 0. The van der Waals surface area contributed by atoms with Crippen LogP contribution in [0.1, 0.15) is 6.23 Å². The Labute approximate surface area is 158 Å². The zero-order chi connectivity index (χ0) is 20.7. The van der Waals surface area contributed by atoms with Gasteiger partial charge < -0.3 is 25.4 Å². The van der Waals surface area contributed by atoms with Crippen molar-refractivity contribution in [1.29, 1.82) is 0 Å². The average molecular weight is 415 g/mol. The number of aliphatic hydroxyl groups excluding tert-OH is 2. The molecule has 1 aliphatic heterocycles. The van der Waals surface area contributed by atoms with Crippen molar-refractivity contribution in [2.45, 2.75) is 28.3 Å². The third kappa shape index (κ3) is 2.94. The van der Waals surface area contributed by atoms with Gasteiger partial charge in [-0.1, -0.05) is 0 Å². The van der Waals surface area contributed by atoms with Crippen LogP contribution in [0.2, 0.25) is 0 Å². The topological polar surface area (TPSA) is 154 Å². The van der Waals surface area contributed by atoms with Gasteiger partial charge in [0.25, 0.3) is 5.00 Å². The minimum atomic E-state index is -4.91. The largest absolute Gasteiger partial charge is 0.497 e. The maximum absolute atomic E-state index is 16.1. The second-order valence-corrected chi connectivity index (χ2v) is 8.18. The van der Waals surface area contributed by atoms with E-state index in [0.29, 0.717) is 10.3 Å². The van der Waals surface area contributed by atoms with Crippen molar-refractivity contribution in [2.75, 3.05) is 19.5 Å². The highest BCUT2D eigenvalue weighted by molar-refractivity contribution is 7.92. The molecule has 10 nitrogen and oxygen atoms in total. The number of methoxy groups -OCH3 is 1. The van der Waals surface area contributed by atoms with Crippen molar-refractivity contribution >= 4 is 15.7 Å². The lowest BCUT2D eigenvalue weighted by Gasteiger charge is -2.28. The zero-order valence-electron chi connectivity index (χ0n) is 14.6. The number of nitrogens with two attached hydrogens (primary N) is 1. The van der Waals surface area contributed by atoms with Crippen LogP contribution in [-0.4, -0.2) is 59.1 Å². The smallest absolute Gasteiger partial charge is 0.351 e. The third-order valence-electron chi connectivity index (χ3n) is 4.46. The minimum Gasteiger partial charge on any atom is -0.497 e. The molecule has 3 rings (SSSR count). The monoisotopic (exact) mass is 415 g/mol. The average Bonchev–Trinajstić information content (AvgIpc) is 2.94. The number of halogens is 1. The highest BCUT2D eigenvalue weighted by Gasteiger charge is 2.66. The first-order valence-corrected chi connectivity index (χ1v) is 9.51. The number of nitrogen functional groups attached to an aromatic ring is 1. The van der Waals surface area contributed by atoms with Crippen molar-refractivity contribution in [1.82, 2.24) is 9.55 Å². The van der Waals surface area contributed by atoms with Gasteiger partial charge in [0.2, 0.25) is 9.84 Å². The van der Waals surface area contributed by atoms with E-state index in [1.807, 2.05) is 0 Å². The Kier molecular flexibility index (Phi) is 5.14. The van der Waals surface area contributed by atoms with Crippen molar-refractivity contribution in [3.8, 4) is 5.75 Å². The summed E-state index contributed by atoms with van der Waals surface area (Å²) in [5.74, 6) is 0.166. The molecule has 1 aromatic carbocycles. The van der Waals surface area contributed by atoms with E-state index in [1.54, 1.807) is 0 Å². The Morgan fingerprint density at radius 3 is 2.54 bits per heavy atom. The lowest BCUT2D eigenvalue weighted by molar-refractivity contribution is -0.0518. The first-order valence-electron chi connectivity index (χ1n) is 8.03. The molecule has 4 N–H and O–H groups in total. The van der Waals surface area contributed by atoms with Gasteiger partial charge in [-0.2, -0.15) is 4.98 Å². The minimum absolute atomic E-state index is 0.166. The summed E-state index contributed by atoms with van der Waals surface area (Å²) in [7, 11) is -3.53. The molecule has 0 saturated carbocycles. The molecule has 0 bridgehead atoms. The van der Waals surface area contributed by atoms with E-state index in [9.17, 15) is 23.4 Å². The Balaban J connectivity index is 2.18. The van der Waals surface area contributed by atoms with Crippen LogP contribution in [-0.2, 0) is 14.6 Å². The zero-order valence-corrected chi connectivity index (χ0v) is 15.4. The standard InChI is InChI=1S/C16H18FN3O7S/c1-26-9-2-4-10(5-3-9)28(24,25)16(17)13(22)11(8-21)27-14(16)20-7-6-12(18)19-15(20)23/h2-7,11,13-14,21-22H,8H2,1H3,(H2,18,19,23)/t11-,13-,14-,16+/m1/s1. The maximum atomic E-state index is 16.1. The molecular weight excluding hydrogens is 397 g/mol. The lowest BCUT2D eigenvalue weighted by atomic mass is 10.1. The van der Waals surface area contributed by atoms with E-state index in [2.05, 4.69) is 4.98 Å². The number of ether oxygens (including phenoxy) is 2. The molecule has 0 amide bonds. The van der Waals surface area contributed by atoms with Crippen LogP contribution in [0.3, 0.4) is 0 Å². The predicted molar refractivity (Wildman–Crippen MR) is 93.9 cm³/mol. The van der Waals surface area contributed by atoms with Crippen LogP contribution in [0.4, 0.5) is 10.2 Å². The molecule has 2 heterocycles. The Bertz CT molecular complexity index is 1030. The second-order valence-electron chi connectivity index (χ2n) is 6.07. The van der Waals surface area contributed by atoms with Crippen molar-refractivity contribution in [3.63, 3.8) is 0 Å². The van der Waals surface area contributed by atoms with Crippen LogP contribution in [0.15, 0.2) is 46.2 Å². The lowest BCUT2D eigenvalue weighted by Crippen LogP contribution is -2.51. The quantitative estimate of drug-likeness (QED) is 0.571. The van der Waals surface area contributed by atoms with Gasteiger partial charge in [-0.25, -0.2) is 17.6 Å². The van der Waals surface area contributed by atoms with Crippen LogP contribution in [0, 0.1) is 0 Å². The Hall–Kier alpha value is -2.54. The number of nitrogens with zero attached hydrogens (tertiary/aromatic N) is 2. The van der Waals surface area contributed by atoms with Crippen LogP contribution in [0.25, 0.3) is 0 Å². The fourth-order valence-corrected chi connectivity index (χ4v) is 4.72. The molecule has 4 atom stereocenters. The van der Waals surface area contributed by atoms with E-state index >= 15 is 4.39 Å². The van der Waals surface area contributed by atoms with Gasteiger partial charge >= 0.3 is 5.69 Å². The number of sulfone groups is 1. The van der Waals surface area contributed by atoms with E-state index in [1.165, 1.54) is 19.2 Å². The van der Waals surface area contributed by atoms with Crippen molar-refractivity contribution in [3.05, 3.63) is 47.0 Å². The fourth-order valence-electron chi connectivity index (χ4n) is 2.96. The highest BCUT2D eigenvalue weighted by atomic mass is 32.2. The highest BCUT2D eigenvalue weighted by Crippen LogP contribution is 2.47. The Morgan fingerprint density at radius 2 is 2.00 bits per heavy atom. The first kappa shape index (κ1) is 20.2. The van der Waals surface area contributed by atoms with Gasteiger partial charge in [-0.3, -0.25) is 4.57 Å². The van der Waals surface area contributed by atoms with E-state index in [-0.39, 0.29) is 5.82 Å². The predicted octanol–water partition coefficient (Wildman–Crippen LogP) is -0.776. The van der Waals surface area contributed by atoms with Crippen LogP contribution in [0.5, 0.6) is 5.75 Å². The van der Waals surface area contributed by atoms with Crippen molar-refractivity contribution in [2.24, 2.45) is 0 Å². The molecule has 1 aromatic heterocycles. The number of rotatable bonds is 5. The molecular formula is C16H18FN3O7S. The summed E-state index contributed by atoms with van der Waals surface area (Å²) in [6.45, 7) is -0.876. The maximum Gasteiger partial charge on any atom is 0.351 e. The fraction of sp³-hybridized carbons (Fsp3) is 0.375. The number of anilines is 1. The molecule has 1 saturated heterocycles. The van der Waals surface area contributed by atoms with Crippen molar-refractivity contribution < 1.29 is 32.5 Å². The summed E-state index contributed by atoms with van der Waals surface area (Å²) < 4.78 is 53.0. The molecule has 0 unspecified atom stereocenters. The van der Waals surface area contributed by atoms with Gasteiger partial charge in [0.1, 0.15) is 23.8 Å². The number of alkyl halides is 1. The first-order chi connectivity index (χ1) is 13.2. The number of hydrogen-bond acceptors (Lipinski definition) is 9. The van der Waals surface area contributed by atoms with Crippen LogP contribution < -0.4 is 16.2 Å². The molecule has 2 aromatic rings. The van der Waals surface area contributed by atoms with Gasteiger partial charge in [0.15, 0.2) is 6.23 Å². The third-order valence-corrected chi connectivity index (χ3v) is 6.62. The summed E-state index contributed by atoms with van der Waals surface area (Å²) in [6.07, 6.45) is -4.97. The number of aromatic nitrogens is 2. The summed E-state index contributed by atoms with van der Waals surface area (Å²) in [5.41, 5.74) is 4.32. The van der Waals surface area contributed by atoms with E-state index in [0.717, 1.165) is 24.4 Å². The molecule has 1 aliphatic rings. The molecule has 28 heavy (non-hydrogen) atoms. The normalized spacial score (nSPS) is 27.6. The van der Waals surface area contributed by atoms with E-state index in [4.69, 9.17) is 15.2 Å². The Morgan fingerprint density at radius 1 is 1.36 bits per heavy atom. The second kappa shape index (κ2) is 7.13. The van der Waals surface area contributed by atoms with Gasteiger partial charge in [-0.15, -0.1) is 0 Å². The summed E-state index contributed by atoms with van der Waals surface area (Å²) in [4.78, 5) is 15.1. The molecule has 0 spiro atoms. The molecule has 1 fully saturated rings. The molecule has 0 radical (unpaired) electrons. The SMILES string of the molecule is COc1ccc(S(=O)(=O)[C@@]2(F)[C@H](O)[C@@H](CO)O[C@H]2n2ccc(N)nc2=O)cc1. The summed E-state index contributed by atoms with van der Waals surface area (Å²) in [5, 5.41) is 16.2. The molecule has 0 aliphatic carbocycles. The molecule has 152 valence electrons. The van der Waals surface area contributed by atoms with E-state index < -0.39 is 50.5 Å². The van der Waals surface area contributed by atoms with Crippen LogP contribution >= 0.6 is 0 Å². The molecule has 12 heteroatoms. The van der Waals surface area contributed by atoms with Gasteiger partial charge in [0.05, 0.1) is 18.6 Å². The number of hydrogen-bond donors (Lipinski definition) is 3. The number of aliphatic hydroxyl groups is 2. The van der Waals surface area contributed by atoms with Gasteiger partial charge in [0, 0.05) is 6.20 Å². The summed E-state index contributed by atoms with van der Waals surface area (Å²) in [6, 6.07) is 5.93. The van der Waals surface area contributed by atoms with Gasteiger partial charge in [-0.05, 0) is 30.3 Å².